The van der Waals surface area contributed by atoms with Gasteiger partial charge in [-0.15, -0.1) is 5.10 Å². The average Bonchev–Trinajstić information content (AvgIpc) is 2.73. The minimum absolute atomic E-state index is 0.542. The Morgan fingerprint density at radius 2 is 1.56 bits per heavy atom. The summed E-state index contributed by atoms with van der Waals surface area (Å²) in [6.07, 6.45) is 0. The van der Waals surface area contributed by atoms with Crippen molar-refractivity contribution in [3.05, 3.63) is 90.0 Å². The Hall–Kier alpha value is -3.53. The fraction of sp³-hybridized carbons (Fsp3) is 0.0870. The molecule has 0 atom stereocenters. The number of nitrogens with one attached hydrogen (secondary N) is 1. The molecule has 0 amide bonds. The molecule has 0 saturated carbocycles. The number of fused-ring (bicyclic) bond motifs is 1. The fourth-order valence-corrected chi connectivity index (χ4v) is 3.12. The van der Waals surface area contributed by atoms with Crippen molar-refractivity contribution < 1.29 is 9.15 Å². The minimum Gasteiger partial charge on any atom is -0.497 e. The number of benzene rings is 3. The Morgan fingerprint density at radius 1 is 0.852 bits per heavy atom. The van der Waals surface area contributed by atoms with Crippen LogP contribution >= 0.6 is 0 Å². The topological polar surface area (TPSA) is 46.8 Å². The van der Waals surface area contributed by atoms with Crippen molar-refractivity contribution in [3.8, 4) is 16.9 Å². The molecule has 0 spiro atoms. The number of hydrogen-bond acceptors (Lipinski definition) is 4. The smallest absolute Gasteiger partial charge is 0.244 e. The van der Waals surface area contributed by atoms with Gasteiger partial charge in [0, 0.05) is 10.9 Å². The Balaban J connectivity index is 1.92. The fourth-order valence-electron chi connectivity index (χ4n) is 3.12. The van der Waals surface area contributed by atoms with Gasteiger partial charge in [0.05, 0.1) is 12.8 Å². The molecule has 4 heteroatoms. The molecule has 0 aliphatic rings. The summed E-state index contributed by atoms with van der Waals surface area (Å²) in [6, 6.07) is 25.8. The van der Waals surface area contributed by atoms with Gasteiger partial charge in [-0.25, -0.2) is 0 Å². The molecule has 0 unspecified atom stereocenters. The third-order valence-corrected chi connectivity index (χ3v) is 4.53. The summed E-state index contributed by atoms with van der Waals surface area (Å²) >= 11 is 0. The maximum absolute atomic E-state index is 6.15. The van der Waals surface area contributed by atoms with Gasteiger partial charge in [0.2, 0.25) is 5.55 Å². The first-order valence-electron chi connectivity index (χ1n) is 8.78. The maximum Gasteiger partial charge on any atom is 0.244 e. The van der Waals surface area contributed by atoms with Crippen molar-refractivity contribution in [1.82, 2.24) is 0 Å². The van der Waals surface area contributed by atoms with Crippen LogP contribution in [0.3, 0.4) is 0 Å². The molecule has 1 aromatic heterocycles. The molecule has 0 aliphatic heterocycles. The number of para-hydroxylation sites is 2. The van der Waals surface area contributed by atoms with Crippen LogP contribution in [-0.2, 0) is 0 Å². The first kappa shape index (κ1) is 16.9. The zero-order valence-electron chi connectivity index (χ0n) is 15.3. The highest BCUT2D eigenvalue weighted by Crippen LogP contribution is 2.27. The predicted molar refractivity (Wildman–Crippen MR) is 109 cm³/mol. The zero-order chi connectivity index (χ0) is 18.6. The van der Waals surface area contributed by atoms with Gasteiger partial charge < -0.3 is 9.15 Å². The van der Waals surface area contributed by atoms with E-state index in [1.165, 1.54) is 0 Å². The molecule has 0 aliphatic carbocycles. The van der Waals surface area contributed by atoms with Gasteiger partial charge in [0.1, 0.15) is 11.3 Å². The number of rotatable bonds is 4. The summed E-state index contributed by atoms with van der Waals surface area (Å²) in [7, 11) is 1.66. The first-order valence-corrected chi connectivity index (χ1v) is 8.78. The Morgan fingerprint density at radius 3 is 2.30 bits per heavy atom. The van der Waals surface area contributed by atoms with Crippen LogP contribution in [0.25, 0.3) is 22.1 Å². The standard InChI is InChI=1S/C23H20N2O2/c1-16-20-10-6-7-11-21(20)27-23(25-24-18-8-4-3-5-9-18)22(16)17-12-14-19(26-2)15-13-17/h3-15,24H,1-2H3/b25-23+. The van der Waals surface area contributed by atoms with Crippen molar-refractivity contribution in [1.29, 1.82) is 0 Å². The summed E-state index contributed by atoms with van der Waals surface area (Å²) in [5, 5.41) is 5.63. The van der Waals surface area contributed by atoms with Crippen LogP contribution in [0.1, 0.15) is 5.56 Å². The van der Waals surface area contributed by atoms with E-state index in [0.717, 1.165) is 39.1 Å². The van der Waals surface area contributed by atoms with E-state index in [0.29, 0.717) is 5.55 Å². The minimum atomic E-state index is 0.542. The number of nitrogens with zero attached hydrogens (tertiary/aromatic N) is 1. The summed E-state index contributed by atoms with van der Waals surface area (Å²) in [4.78, 5) is 0. The van der Waals surface area contributed by atoms with Gasteiger partial charge in [-0.3, -0.25) is 5.43 Å². The molecule has 0 radical (unpaired) electrons. The molecule has 0 fully saturated rings. The lowest BCUT2D eigenvalue weighted by Gasteiger charge is -2.11. The van der Waals surface area contributed by atoms with E-state index in [4.69, 9.17) is 9.15 Å². The van der Waals surface area contributed by atoms with Crippen LogP contribution in [0.4, 0.5) is 5.69 Å². The van der Waals surface area contributed by atoms with E-state index in [9.17, 15) is 0 Å². The molecule has 1 heterocycles. The van der Waals surface area contributed by atoms with Gasteiger partial charge in [-0.2, -0.15) is 0 Å². The van der Waals surface area contributed by atoms with E-state index >= 15 is 0 Å². The van der Waals surface area contributed by atoms with Crippen molar-refractivity contribution in [2.45, 2.75) is 6.92 Å². The quantitative estimate of drug-likeness (QED) is 0.502. The van der Waals surface area contributed by atoms with E-state index in [-0.39, 0.29) is 0 Å². The van der Waals surface area contributed by atoms with Crippen molar-refractivity contribution in [3.63, 3.8) is 0 Å². The lowest BCUT2D eigenvalue weighted by molar-refractivity contribution is 0.415. The second kappa shape index (κ2) is 7.38. The summed E-state index contributed by atoms with van der Waals surface area (Å²) in [5.74, 6) is 0.815. The van der Waals surface area contributed by atoms with Gasteiger partial charge >= 0.3 is 0 Å². The zero-order valence-corrected chi connectivity index (χ0v) is 15.3. The van der Waals surface area contributed by atoms with Gasteiger partial charge in [-0.05, 0) is 48.4 Å². The number of anilines is 1. The van der Waals surface area contributed by atoms with Crippen LogP contribution in [0.5, 0.6) is 5.75 Å². The van der Waals surface area contributed by atoms with E-state index in [1.807, 2.05) is 72.8 Å². The second-order valence-corrected chi connectivity index (χ2v) is 6.22. The van der Waals surface area contributed by atoms with Crippen LogP contribution < -0.4 is 15.7 Å². The Bertz CT molecular complexity index is 1130. The highest BCUT2D eigenvalue weighted by atomic mass is 16.5. The van der Waals surface area contributed by atoms with Crippen molar-refractivity contribution in [2.75, 3.05) is 12.5 Å². The summed E-state index contributed by atoms with van der Waals surface area (Å²) in [6.45, 7) is 2.10. The highest BCUT2D eigenvalue weighted by Gasteiger charge is 2.12. The van der Waals surface area contributed by atoms with E-state index in [2.05, 4.69) is 23.5 Å². The summed E-state index contributed by atoms with van der Waals surface area (Å²) in [5.41, 5.74) is 8.45. The SMILES string of the molecule is COc1ccc(-c2c(C)c3ccccc3o/c2=N/Nc2ccccc2)cc1. The summed E-state index contributed by atoms with van der Waals surface area (Å²) < 4.78 is 11.4. The molecule has 0 bridgehead atoms. The van der Waals surface area contributed by atoms with Gasteiger partial charge in [0.15, 0.2) is 0 Å². The normalized spacial score (nSPS) is 11.6. The molecule has 27 heavy (non-hydrogen) atoms. The molecule has 1 N–H and O–H groups in total. The van der Waals surface area contributed by atoms with Crippen LogP contribution in [0.15, 0.2) is 88.4 Å². The highest BCUT2D eigenvalue weighted by molar-refractivity contribution is 5.86. The van der Waals surface area contributed by atoms with Gasteiger partial charge in [-0.1, -0.05) is 48.5 Å². The number of ether oxygens (including phenoxy) is 1. The van der Waals surface area contributed by atoms with E-state index in [1.54, 1.807) is 7.11 Å². The predicted octanol–water partition coefficient (Wildman–Crippen LogP) is 5.34. The van der Waals surface area contributed by atoms with E-state index < -0.39 is 0 Å². The Labute approximate surface area is 157 Å². The van der Waals surface area contributed by atoms with Crippen molar-refractivity contribution >= 4 is 16.7 Å². The lowest BCUT2D eigenvalue weighted by Crippen LogP contribution is -2.11. The first-order chi connectivity index (χ1) is 13.3. The van der Waals surface area contributed by atoms with Crippen LogP contribution in [-0.4, -0.2) is 7.11 Å². The lowest BCUT2D eigenvalue weighted by atomic mass is 9.99. The maximum atomic E-state index is 6.15. The third-order valence-electron chi connectivity index (χ3n) is 4.53. The molecule has 0 saturated heterocycles. The molecular weight excluding hydrogens is 336 g/mol. The second-order valence-electron chi connectivity index (χ2n) is 6.22. The monoisotopic (exact) mass is 356 g/mol. The number of aryl methyl sites for hydroxylation is 1. The molecule has 4 rings (SSSR count). The molecular formula is C23H20N2O2. The van der Waals surface area contributed by atoms with Crippen molar-refractivity contribution in [2.24, 2.45) is 5.10 Å². The molecule has 3 aromatic carbocycles. The third kappa shape index (κ3) is 3.42. The van der Waals surface area contributed by atoms with Crippen LogP contribution in [0, 0.1) is 6.92 Å². The van der Waals surface area contributed by atoms with Crippen LogP contribution in [0.2, 0.25) is 0 Å². The largest absolute Gasteiger partial charge is 0.497 e. The molecule has 4 aromatic rings. The average molecular weight is 356 g/mol. The van der Waals surface area contributed by atoms with Gasteiger partial charge in [0.25, 0.3) is 0 Å². The Kier molecular flexibility index (Phi) is 4.62. The molecule has 134 valence electrons. The number of methoxy groups -OCH3 is 1. The molecule has 4 nitrogen and oxygen atoms in total. The number of hydrogen-bond donors (Lipinski definition) is 1.